The molecule has 2 aromatic heterocycles. The smallest absolute Gasteiger partial charge is 0.339 e. The number of esters is 1. The Kier molecular flexibility index (Phi) is 7.90. The molecule has 5 rings (SSSR count). The Morgan fingerprint density at radius 2 is 1.90 bits per heavy atom. The van der Waals surface area contributed by atoms with Gasteiger partial charge in [0.2, 0.25) is 0 Å². The first kappa shape index (κ1) is 27.1. The largest absolute Gasteiger partial charge is 0.465 e. The molecule has 2 atom stereocenters. The van der Waals surface area contributed by atoms with Crippen molar-refractivity contribution in [2.45, 2.75) is 73.7 Å². The van der Waals surface area contributed by atoms with E-state index in [0.29, 0.717) is 31.6 Å². The van der Waals surface area contributed by atoms with Crippen LogP contribution in [0.25, 0.3) is 10.9 Å². The number of benzene rings is 1. The fraction of sp³-hybridized carbons (Fsp3) is 0.464. The van der Waals surface area contributed by atoms with E-state index in [1.807, 2.05) is 0 Å². The number of fused-ring (bicyclic) bond motifs is 1. The van der Waals surface area contributed by atoms with Crippen molar-refractivity contribution in [3.05, 3.63) is 64.5 Å². The zero-order valence-electron chi connectivity index (χ0n) is 21.7. The summed E-state index contributed by atoms with van der Waals surface area (Å²) in [5, 5.41) is -0.160. The zero-order valence-corrected chi connectivity index (χ0v) is 22.6. The predicted molar refractivity (Wildman–Crippen MR) is 142 cm³/mol. The lowest BCUT2D eigenvalue weighted by Crippen LogP contribution is -2.33. The average molecular weight is 554 g/mol. The first-order valence-corrected chi connectivity index (χ1v) is 14.7. The Bertz CT molecular complexity index is 1540. The van der Waals surface area contributed by atoms with Gasteiger partial charge in [-0.3, -0.25) is 19.1 Å². The van der Waals surface area contributed by atoms with Crippen LogP contribution in [-0.4, -0.2) is 59.8 Å². The standard InChI is InChI=1S/C28H31N3O7S/c1-37-28(34)18-8-9-19(29-16-18)13-26(32)25(14-20-5-4-12-38-20)31-17-30-24-15-22(10-11-23(24)27(31)33)39(35,36)21-6-2-3-7-21/h8-11,15-17,20-21,25H,2-7,12-14H2,1H3. The monoisotopic (exact) mass is 553 g/mol. The van der Waals surface area contributed by atoms with Crippen molar-refractivity contribution in [1.82, 2.24) is 14.5 Å². The molecule has 2 unspecified atom stereocenters. The van der Waals surface area contributed by atoms with Gasteiger partial charge in [-0.1, -0.05) is 12.8 Å². The van der Waals surface area contributed by atoms with Gasteiger partial charge in [0, 0.05) is 24.9 Å². The van der Waals surface area contributed by atoms with Gasteiger partial charge in [0.15, 0.2) is 15.6 Å². The van der Waals surface area contributed by atoms with Crippen molar-refractivity contribution in [3.63, 3.8) is 0 Å². The number of hydrogen-bond donors (Lipinski definition) is 0. The highest BCUT2D eigenvalue weighted by Crippen LogP contribution is 2.31. The number of Topliss-reactive ketones (excluding diaryl/α,β-unsaturated/α-hetero) is 1. The van der Waals surface area contributed by atoms with Gasteiger partial charge >= 0.3 is 5.97 Å². The van der Waals surface area contributed by atoms with Crippen LogP contribution in [-0.2, 0) is 30.5 Å². The Hall–Kier alpha value is -3.44. The minimum absolute atomic E-state index is 0.0537. The summed E-state index contributed by atoms with van der Waals surface area (Å²) in [5.74, 6) is -0.767. The summed E-state index contributed by atoms with van der Waals surface area (Å²) in [6.07, 6.45) is 7.49. The van der Waals surface area contributed by atoms with Gasteiger partial charge in [0.25, 0.3) is 5.56 Å². The topological polar surface area (TPSA) is 135 Å². The molecule has 11 heteroatoms. The van der Waals surface area contributed by atoms with Crippen LogP contribution in [0.2, 0.25) is 0 Å². The molecule has 10 nitrogen and oxygen atoms in total. The number of methoxy groups -OCH3 is 1. The van der Waals surface area contributed by atoms with E-state index < -0.39 is 32.7 Å². The number of ketones is 1. The molecule has 0 N–H and O–H groups in total. The lowest BCUT2D eigenvalue weighted by atomic mass is 9.99. The Labute approximate surface area is 226 Å². The summed E-state index contributed by atoms with van der Waals surface area (Å²) >= 11 is 0. The van der Waals surface area contributed by atoms with Crippen LogP contribution >= 0.6 is 0 Å². The molecule has 0 amide bonds. The number of hydrogen-bond acceptors (Lipinski definition) is 9. The Morgan fingerprint density at radius 1 is 1.10 bits per heavy atom. The highest BCUT2D eigenvalue weighted by Gasteiger charge is 2.32. The minimum atomic E-state index is -3.50. The molecule has 206 valence electrons. The van der Waals surface area contributed by atoms with E-state index in [4.69, 9.17) is 4.74 Å². The van der Waals surface area contributed by atoms with E-state index in [9.17, 15) is 22.8 Å². The summed E-state index contributed by atoms with van der Waals surface area (Å²) in [6.45, 7) is 0.602. The number of aromatic nitrogens is 3. The SMILES string of the molecule is COC(=O)c1ccc(CC(=O)C(CC2CCCO2)n2cnc3cc(S(=O)(=O)C4CCCC4)ccc3c2=O)nc1. The van der Waals surface area contributed by atoms with E-state index >= 15 is 0 Å². The van der Waals surface area contributed by atoms with E-state index in [2.05, 4.69) is 14.7 Å². The molecule has 2 fully saturated rings. The van der Waals surface area contributed by atoms with Crippen molar-refractivity contribution in [2.24, 2.45) is 0 Å². The summed E-state index contributed by atoms with van der Waals surface area (Å²) in [7, 11) is -2.22. The van der Waals surface area contributed by atoms with Crippen molar-refractivity contribution < 1.29 is 27.5 Å². The van der Waals surface area contributed by atoms with E-state index in [1.165, 1.54) is 48.5 Å². The van der Waals surface area contributed by atoms with Crippen LogP contribution in [0.5, 0.6) is 0 Å². The number of ether oxygens (including phenoxy) is 2. The van der Waals surface area contributed by atoms with Crippen molar-refractivity contribution in [1.29, 1.82) is 0 Å². The molecule has 1 saturated carbocycles. The van der Waals surface area contributed by atoms with Gasteiger partial charge in [-0.05, 0) is 56.0 Å². The van der Waals surface area contributed by atoms with E-state index in [0.717, 1.165) is 25.7 Å². The predicted octanol–water partition coefficient (Wildman–Crippen LogP) is 3.22. The van der Waals surface area contributed by atoms with Gasteiger partial charge in [0.05, 0.1) is 58.6 Å². The number of nitrogens with zero attached hydrogens (tertiary/aromatic N) is 3. The fourth-order valence-corrected chi connectivity index (χ4v) is 7.32. The van der Waals surface area contributed by atoms with Gasteiger partial charge in [-0.15, -0.1) is 0 Å². The molecule has 39 heavy (non-hydrogen) atoms. The molecule has 2 aliphatic rings. The molecular formula is C28H31N3O7S. The van der Waals surface area contributed by atoms with Crippen molar-refractivity contribution in [3.8, 4) is 0 Å². The zero-order chi connectivity index (χ0) is 27.6. The van der Waals surface area contributed by atoms with Crippen molar-refractivity contribution >= 4 is 32.5 Å². The molecule has 1 aromatic carbocycles. The molecule has 1 aliphatic carbocycles. The van der Waals surface area contributed by atoms with Crippen LogP contribution in [0.1, 0.15) is 67.0 Å². The second-order valence-electron chi connectivity index (χ2n) is 10.1. The van der Waals surface area contributed by atoms with Gasteiger partial charge < -0.3 is 9.47 Å². The minimum Gasteiger partial charge on any atom is -0.465 e. The highest BCUT2D eigenvalue weighted by molar-refractivity contribution is 7.92. The molecule has 0 bridgehead atoms. The molecular weight excluding hydrogens is 522 g/mol. The summed E-state index contributed by atoms with van der Waals surface area (Å²) in [4.78, 5) is 47.6. The Morgan fingerprint density at radius 3 is 2.56 bits per heavy atom. The molecule has 1 saturated heterocycles. The highest BCUT2D eigenvalue weighted by atomic mass is 32.2. The number of sulfone groups is 1. The van der Waals surface area contributed by atoms with Crippen LogP contribution in [0, 0.1) is 0 Å². The maximum atomic E-state index is 13.6. The van der Waals surface area contributed by atoms with Crippen molar-refractivity contribution in [2.75, 3.05) is 13.7 Å². The average Bonchev–Trinajstić information content (AvgIpc) is 3.67. The van der Waals surface area contributed by atoms with Gasteiger partial charge in [-0.25, -0.2) is 18.2 Å². The number of carbonyl (C=O) groups is 2. The van der Waals surface area contributed by atoms with E-state index in [1.54, 1.807) is 6.07 Å². The molecule has 0 radical (unpaired) electrons. The number of rotatable bonds is 9. The Balaban J connectivity index is 1.45. The maximum Gasteiger partial charge on any atom is 0.339 e. The summed E-state index contributed by atoms with van der Waals surface area (Å²) in [6, 6.07) is 6.69. The van der Waals surface area contributed by atoms with Gasteiger partial charge in [0.1, 0.15) is 0 Å². The van der Waals surface area contributed by atoms with Crippen LogP contribution in [0.4, 0.5) is 0 Å². The number of carbonyl (C=O) groups excluding carboxylic acids is 2. The van der Waals surface area contributed by atoms with E-state index in [-0.39, 0.29) is 39.7 Å². The van der Waals surface area contributed by atoms with Gasteiger partial charge in [-0.2, -0.15) is 0 Å². The second-order valence-corrected chi connectivity index (χ2v) is 12.4. The third-order valence-corrected chi connectivity index (χ3v) is 9.90. The first-order chi connectivity index (χ1) is 18.8. The quantitative estimate of drug-likeness (QED) is 0.366. The molecule has 1 aliphatic heterocycles. The maximum absolute atomic E-state index is 13.6. The van der Waals surface area contributed by atoms with Crippen LogP contribution < -0.4 is 5.56 Å². The molecule has 0 spiro atoms. The second kappa shape index (κ2) is 11.4. The third kappa shape index (κ3) is 5.65. The normalized spacial score (nSPS) is 18.8. The summed E-state index contributed by atoms with van der Waals surface area (Å²) < 4.78 is 37.9. The first-order valence-electron chi connectivity index (χ1n) is 13.2. The number of pyridine rings is 1. The van der Waals surface area contributed by atoms with Crippen LogP contribution in [0.3, 0.4) is 0 Å². The molecule has 3 heterocycles. The van der Waals surface area contributed by atoms with Crippen LogP contribution in [0.15, 0.2) is 52.5 Å². The third-order valence-electron chi connectivity index (χ3n) is 7.64. The lowest BCUT2D eigenvalue weighted by molar-refractivity contribution is -0.122. The molecule has 3 aromatic rings. The lowest BCUT2D eigenvalue weighted by Gasteiger charge is -2.22. The fourth-order valence-electron chi connectivity index (χ4n) is 5.45. The summed E-state index contributed by atoms with van der Waals surface area (Å²) in [5.41, 5.74) is 0.580.